The molecule has 152 valence electrons. The average Bonchev–Trinajstić information content (AvgIpc) is 2.73. The van der Waals surface area contributed by atoms with E-state index < -0.39 is 11.6 Å². The smallest absolute Gasteiger partial charge is 0.166 e. The molecular formula is C26H34F2. The van der Waals surface area contributed by atoms with E-state index in [1.165, 1.54) is 76.2 Å². The zero-order valence-electron chi connectivity index (χ0n) is 17.2. The van der Waals surface area contributed by atoms with Crippen molar-refractivity contribution in [2.24, 2.45) is 5.92 Å². The summed E-state index contributed by atoms with van der Waals surface area (Å²) in [5, 5.41) is 0. The number of halogens is 2. The Balaban J connectivity index is 1.46. The quantitative estimate of drug-likeness (QED) is 0.379. The fourth-order valence-electron chi connectivity index (χ4n) is 4.66. The molecule has 1 aliphatic rings. The summed E-state index contributed by atoms with van der Waals surface area (Å²) in [6.45, 7) is 2.27. The van der Waals surface area contributed by atoms with Crippen LogP contribution in [0.25, 0.3) is 11.1 Å². The Kier molecular flexibility index (Phi) is 8.06. The van der Waals surface area contributed by atoms with Gasteiger partial charge in [0.2, 0.25) is 0 Å². The number of rotatable bonds is 9. The molecule has 0 bridgehead atoms. The van der Waals surface area contributed by atoms with Crippen LogP contribution in [0.15, 0.2) is 42.5 Å². The van der Waals surface area contributed by atoms with Gasteiger partial charge in [-0.05, 0) is 54.7 Å². The van der Waals surface area contributed by atoms with Gasteiger partial charge in [-0.1, -0.05) is 88.3 Å². The molecule has 3 rings (SSSR count). The van der Waals surface area contributed by atoms with E-state index in [4.69, 9.17) is 0 Å². The van der Waals surface area contributed by atoms with Crippen molar-refractivity contribution in [3.8, 4) is 11.1 Å². The Morgan fingerprint density at radius 3 is 2.18 bits per heavy atom. The topological polar surface area (TPSA) is 0 Å². The standard InChI is InChI=1S/C26H34F2/c1-2-3-4-5-6-7-9-20-12-14-21(15-13-20)22-16-18-23(19-17-22)24-10-8-11-25(27)26(24)28/h8,10-11,16-21H,2-7,9,12-15H2,1H3. The van der Waals surface area contributed by atoms with Crippen LogP contribution in [0.5, 0.6) is 0 Å². The first-order valence-electron chi connectivity index (χ1n) is 11.2. The van der Waals surface area contributed by atoms with Crippen molar-refractivity contribution >= 4 is 0 Å². The zero-order valence-corrected chi connectivity index (χ0v) is 17.2. The lowest BCUT2D eigenvalue weighted by molar-refractivity contribution is 0.302. The molecule has 1 saturated carbocycles. The van der Waals surface area contributed by atoms with Crippen molar-refractivity contribution in [2.45, 2.75) is 83.5 Å². The van der Waals surface area contributed by atoms with Crippen molar-refractivity contribution in [1.29, 1.82) is 0 Å². The van der Waals surface area contributed by atoms with E-state index in [1.54, 1.807) is 12.1 Å². The molecule has 2 aromatic rings. The first kappa shape index (κ1) is 21.0. The minimum Gasteiger partial charge on any atom is -0.204 e. The molecule has 0 aromatic heterocycles. The second-order valence-corrected chi connectivity index (χ2v) is 8.50. The van der Waals surface area contributed by atoms with Gasteiger partial charge in [-0.25, -0.2) is 8.78 Å². The second kappa shape index (κ2) is 10.7. The fourth-order valence-corrected chi connectivity index (χ4v) is 4.66. The Morgan fingerprint density at radius 2 is 1.46 bits per heavy atom. The van der Waals surface area contributed by atoms with Gasteiger partial charge in [-0.2, -0.15) is 0 Å². The van der Waals surface area contributed by atoms with E-state index in [0.29, 0.717) is 11.5 Å². The fraction of sp³-hybridized carbons (Fsp3) is 0.538. The van der Waals surface area contributed by atoms with Crippen molar-refractivity contribution in [3.63, 3.8) is 0 Å². The van der Waals surface area contributed by atoms with Crippen LogP contribution in [0.3, 0.4) is 0 Å². The summed E-state index contributed by atoms with van der Waals surface area (Å²) in [6.07, 6.45) is 14.9. The van der Waals surface area contributed by atoms with Gasteiger partial charge < -0.3 is 0 Å². The van der Waals surface area contributed by atoms with E-state index in [9.17, 15) is 8.78 Å². The van der Waals surface area contributed by atoms with Crippen molar-refractivity contribution in [1.82, 2.24) is 0 Å². The third-order valence-electron chi connectivity index (χ3n) is 6.46. The Bertz CT molecular complexity index is 712. The second-order valence-electron chi connectivity index (χ2n) is 8.50. The first-order valence-corrected chi connectivity index (χ1v) is 11.2. The third-order valence-corrected chi connectivity index (χ3v) is 6.46. The summed E-state index contributed by atoms with van der Waals surface area (Å²) in [4.78, 5) is 0. The molecule has 0 nitrogen and oxygen atoms in total. The Labute approximate surface area is 169 Å². The summed E-state index contributed by atoms with van der Waals surface area (Å²) < 4.78 is 27.5. The van der Waals surface area contributed by atoms with Crippen LogP contribution in [-0.2, 0) is 0 Å². The van der Waals surface area contributed by atoms with Crippen LogP contribution in [0.4, 0.5) is 8.78 Å². The highest BCUT2D eigenvalue weighted by atomic mass is 19.2. The predicted octanol–water partition coefficient (Wildman–Crippen LogP) is 8.66. The van der Waals surface area contributed by atoms with Gasteiger partial charge in [0.1, 0.15) is 0 Å². The maximum atomic E-state index is 14.0. The van der Waals surface area contributed by atoms with E-state index in [0.717, 1.165) is 17.5 Å². The molecule has 0 atom stereocenters. The van der Waals surface area contributed by atoms with Crippen molar-refractivity contribution in [2.75, 3.05) is 0 Å². The molecule has 0 N–H and O–H groups in total. The molecule has 0 aliphatic heterocycles. The lowest BCUT2D eigenvalue weighted by atomic mass is 9.77. The highest BCUT2D eigenvalue weighted by Crippen LogP contribution is 2.38. The highest BCUT2D eigenvalue weighted by molar-refractivity contribution is 5.64. The normalized spacial score (nSPS) is 19.7. The van der Waals surface area contributed by atoms with Gasteiger partial charge >= 0.3 is 0 Å². The van der Waals surface area contributed by atoms with Crippen LogP contribution in [-0.4, -0.2) is 0 Å². The molecule has 0 heterocycles. The van der Waals surface area contributed by atoms with Crippen LogP contribution in [0.1, 0.15) is 89.0 Å². The molecular weight excluding hydrogens is 350 g/mol. The minimum absolute atomic E-state index is 0.342. The van der Waals surface area contributed by atoms with Gasteiger partial charge in [0, 0.05) is 5.56 Å². The highest BCUT2D eigenvalue weighted by Gasteiger charge is 2.22. The molecule has 2 heteroatoms. The van der Waals surface area contributed by atoms with Crippen molar-refractivity contribution < 1.29 is 8.78 Å². The minimum atomic E-state index is -0.787. The molecule has 28 heavy (non-hydrogen) atoms. The molecule has 1 fully saturated rings. The van der Waals surface area contributed by atoms with E-state index in [2.05, 4.69) is 19.1 Å². The number of unbranched alkanes of at least 4 members (excludes halogenated alkanes) is 5. The van der Waals surface area contributed by atoms with Gasteiger partial charge in [0.05, 0.1) is 0 Å². The largest absolute Gasteiger partial charge is 0.204 e. The Morgan fingerprint density at radius 1 is 0.786 bits per heavy atom. The number of hydrogen-bond donors (Lipinski definition) is 0. The van der Waals surface area contributed by atoms with Crippen molar-refractivity contribution in [3.05, 3.63) is 59.7 Å². The Hall–Kier alpha value is -1.70. The molecule has 0 unspecified atom stereocenters. The monoisotopic (exact) mass is 384 g/mol. The summed E-state index contributed by atoms with van der Waals surface area (Å²) in [7, 11) is 0. The molecule has 1 aliphatic carbocycles. The summed E-state index contributed by atoms with van der Waals surface area (Å²) in [5.41, 5.74) is 2.44. The van der Waals surface area contributed by atoms with E-state index >= 15 is 0 Å². The third kappa shape index (κ3) is 5.65. The summed E-state index contributed by atoms with van der Waals surface area (Å²) >= 11 is 0. The molecule has 0 radical (unpaired) electrons. The van der Waals surface area contributed by atoms with Gasteiger partial charge in [0.15, 0.2) is 11.6 Å². The maximum absolute atomic E-state index is 14.0. The van der Waals surface area contributed by atoms with Crippen LogP contribution in [0.2, 0.25) is 0 Å². The van der Waals surface area contributed by atoms with Crippen LogP contribution in [0, 0.1) is 17.6 Å². The van der Waals surface area contributed by atoms with Gasteiger partial charge in [-0.3, -0.25) is 0 Å². The lowest BCUT2D eigenvalue weighted by Gasteiger charge is -2.29. The first-order chi connectivity index (χ1) is 13.7. The average molecular weight is 385 g/mol. The number of benzene rings is 2. The molecule has 2 aromatic carbocycles. The molecule has 0 amide bonds. The SMILES string of the molecule is CCCCCCCCC1CCC(c2ccc(-c3cccc(F)c3F)cc2)CC1. The van der Waals surface area contributed by atoms with E-state index in [1.807, 2.05) is 12.1 Å². The summed E-state index contributed by atoms with van der Waals surface area (Å²) in [6, 6.07) is 12.5. The molecule has 0 spiro atoms. The zero-order chi connectivity index (χ0) is 19.8. The van der Waals surface area contributed by atoms with Crippen LogP contribution < -0.4 is 0 Å². The summed E-state index contributed by atoms with van der Waals surface area (Å²) in [5.74, 6) is -0.0222. The van der Waals surface area contributed by atoms with Gasteiger partial charge in [-0.15, -0.1) is 0 Å². The maximum Gasteiger partial charge on any atom is 0.166 e. The lowest BCUT2D eigenvalue weighted by Crippen LogP contribution is -2.13. The van der Waals surface area contributed by atoms with Crippen LogP contribution >= 0.6 is 0 Å². The number of hydrogen-bond acceptors (Lipinski definition) is 0. The predicted molar refractivity (Wildman–Crippen MR) is 114 cm³/mol. The molecule has 0 saturated heterocycles. The van der Waals surface area contributed by atoms with Gasteiger partial charge in [0.25, 0.3) is 0 Å². The van der Waals surface area contributed by atoms with E-state index in [-0.39, 0.29) is 0 Å².